The summed E-state index contributed by atoms with van der Waals surface area (Å²) in [7, 11) is 4.65. The summed E-state index contributed by atoms with van der Waals surface area (Å²) < 4.78 is 15.6. The molecule has 5 nitrogen and oxygen atoms in total. The van der Waals surface area contributed by atoms with Crippen molar-refractivity contribution in [1.82, 2.24) is 0 Å². The van der Waals surface area contributed by atoms with E-state index in [1.165, 1.54) is 0 Å². The molecule has 1 rings (SSSR count). The molecule has 0 aliphatic rings. The van der Waals surface area contributed by atoms with Crippen LogP contribution in [0.4, 0.5) is 0 Å². The number of nitrogens with one attached hydrogen (secondary N) is 1. The highest BCUT2D eigenvalue weighted by Crippen LogP contribution is 2.38. The number of methoxy groups -OCH3 is 3. The predicted octanol–water partition coefficient (Wildman–Crippen LogP) is 1.19. The maximum atomic E-state index is 7.25. The fourth-order valence-electron chi connectivity index (χ4n) is 1.46. The van der Waals surface area contributed by atoms with Crippen molar-refractivity contribution in [3.8, 4) is 17.2 Å². The van der Waals surface area contributed by atoms with Gasteiger partial charge >= 0.3 is 0 Å². The molecule has 0 unspecified atom stereocenters. The van der Waals surface area contributed by atoms with Crippen molar-refractivity contribution in [2.45, 2.75) is 6.42 Å². The van der Waals surface area contributed by atoms with Crippen LogP contribution in [0.3, 0.4) is 0 Å². The van der Waals surface area contributed by atoms with Crippen LogP contribution in [-0.4, -0.2) is 27.2 Å². The maximum absolute atomic E-state index is 7.25. The molecule has 0 atom stereocenters. The van der Waals surface area contributed by atoms with E-state index >= 15 is 0 Å². The lowest BCUT2D eigenvalue weighted by atomic mass is 10.1. The van der Waals surface area contributed by atoms with Gasteiger partial charge in [-0.1, -0.05) is 0 Å². The molecule has 1 aromatic carbocycles. The molecule has 0 aliphatic carbocycles. The molecule has 0 aliphatic heterocycles. The minimum Gasteiger partial charge on any atom is -0.493 e. The first kappa shape index (κ1) is 12.2. The summed E-state index contributed by atoms with van der Waals surface area (Å²) in [4.78, 5) is 0. The van der Waals surface area contributed by atoms with Crippen LogP contribution in [0.5, 0.6) is 17.2 Å². The van der Waals surface area contributed by atoms with Gasteiger partial charge in [-0.2, -0.15) is 0 Å². The van der Waals surface area contributed by atoms with Crippen molar-refractivity contribution in [3.63, 3.8) is 0 Å². The predicted molar refractivity (Wildman–Crippen MR) is 61.7 cm³/mol. The molecule has 0 aromatic heterocycles. The van der Waals surface area contributed by atoms with Crippen molar-refractivity contribution in [2.75, 3.05) is 21.3 Å². The molecule has 5 heteroatoms. The Bertz CT molecular complexity index is 366. The van der Waals surface area contributed by atoms with Gasteiger partial charge < -0.3 is 19.9 Å². The van der Waals surface area contributed by atoms with Crippen molar-refractivity contribution >= 4 is 5.84 Å². The van der Waals surface area contributed by atoms with Gasteiger partial charge in [0.2, 0.25) is 5.75 Å². The molecular formula is C11H16N2O3. The van der Waals surface area contributed by atoms with Crippen LogP contribution in [0, 0.1) is 5.41 Å². The van der Waals surface area contributed by atoms with Crippen molar-refractivity contribution in [1.29, 1.82) is 5.41 Å². The largest absolute Gasteiger partial charge is 0.493 e. The smallest absolute Gasteiger partial charge is 0.203 e. The summed E-state index contributed by atoms with van der Waals surface area (Å²) in [6.07, 6.45) is 0.358. The number of amidine groups is 1. The lowest BCUT2D eigenvalue weighted by Gasteiger charge is -2.13. The highest BCUT2D eigenvalue weighted by Gasteiger charge is 2.13. The Hall–Kier alpha value is -1.91. The third-order valence-electron chi connectivity index (χ3n) is 2.12. The van der Waals surface area contributed by atoms with Crippen LogP contribution < -0.4 is 19.9 Å². The Morgan fingerprint density at radius 1 is 1.12 bits per heavy atom. The number of benzene rings is 1. The number of hydrogen-bond acceptors (Lipinski definition) is 4. The third kappa shape index (κ3) is 2.56. The molecule has 0 radical (unpaired) electrons. The average Bonchev–Trinajstić information content (AvgIpc) is 2.26. The standard InChI is InChI=1S/C11H16N2O3/c1-14-8-4-7(6-10(12)13)5-9(15-2)11(8)16-3/h4-5H,6H2,1-3H3,(H3,12,13). The van der Waals surface area contributed by atoms with Gasteiger partial charge in [-0.3, -0.25) is 5.41 Å². The van der Waals surface area contributed by atoms with Crippen LogP contribution in [-0.2, 0) is 6.42 Å². The Morgan fingerprint density at radius 2 is 1.62 bits per heavy atom. The highest BCUT2D eigenvalue weighted by atomic mass is 16.5. The van der Waals surface area contributed by atoms with Gasteiger partial charge in [-0.05, 0) is 17.7 Å². The first-order valence-corrected chi connectivity index (χ1v) is 4.74. The number of ether oxygens (including phenoxy) is 3. The average molecular weight is 224 g/mol. The van der Waals surface area contributed by atoms with Crippen LogP contribution in [0.1, 0.15) is 5.56 Å². The molecule has 88 valence electrons. The zero-order valence-electron chi connectivity index (χ0n) is 9.66. The number of nitrogens with two attached hydrogens (primary N) is 1. The van der Waals surface area contributed by atoms with E-state index in [2.05, 4.69) is 0 Å². The van der Waals surface area contributed by atoms with Crippen molar-refractivity contribution in [2.24, 2.45) is 5.73 Å². The van der Waals surface area contributed by atoms with Gasteiger partial charge in [-0.25, -0.2) is 0 Å². The second-order valence-electron chi connectivity index (χ2n) is 3.24. The van der Waals surface area contributed by atoms with E-state index in [1.54, 1.807) is 33.5 Å². The zero-order chi connectivity index (χ0) is 12.1. The first-order chi connectivity index (χ1) is 7.62. The van der Waals surface area contributed by atoms with E-state index in [-0.39, 0.29) is 5.84 Å². The molecule has 1 aromatic rings. The van der Waals surface area contributed by atoms with Crippen LogP contribution in [0.25, 0.3) is 0 Å². The van der Waals surface area contributed by atoms with Gasteiger partial charge in [0.25, 0.3) is 0 Å². The topological polar surface area (TPSA) is 77.6 Å². The number of rotatable bonds is 5. The van der Waals surface area contributed by atoms with Crippen LogP contribution in [0.15, 0.2) is 12.1 Å². The molecule has 0 heterocycles. The van der Waals surface area contributed by atoms with Gasteiger partial charge in [0.15, 0.2) is 11.5 Å². The van der Waals surface area contributed by atoms with Crippen molar-refractivity contribution in [3.05, 3.63) is 17.7 Å². The molecule has 0 amide bonds. The molecule has 0 saturated heterocycles. The molecule has 3 N–H and O–H groups in total. The normalized spacial score (nSPS) is 9.69. The minimum atomic E-state index is 0.0919. The summed E-state index contributed by atoms with van der Waals surface area (Å²) in [6, 6.07) is 3.56. The molecule has 0 spiro atoms. The van der Waals surface area contributed by atoms with E-state index in [9.17, 15) is 0 Å². The van der Waals surface area contributed by atoms with Gasteiger partial charge in [0.05, 0.1) is 27.2 Å². The SMILES string of the molecule is COc1cc(CC(=N)N)cc(OC)c1OC. The van der Waals surface area contributed by atoms with Gasteiger partial charge in [0.1, 0.15) is 0 Å². The Balaban J connectivity index is 3.20. The molecule has 0 fully saturated rings. The third-order valence-corrected chi connectivity index (χ3v) is 2.12. The summed E-state index contributed by atoms with van der Waals surface area (Å²) in [6.45, 7) is 0. The lowest BCUT2D eigenvalue weighted by molar-refractivity contribution is 0.324. The van der Waals surface area contributed by atoms with E-state index in [4.69, 9.17) is 25.4 Å². The molecule has 16 heavy (non-hydrogen) atoms. The van der Waals surface area contributed by atoms with Crippen molar-refractivity contribution < 1.29 is 14.2 Å². The summed E-state index contributed by atoms with van der Waals surface area (Å²) in [5.41, 5.74) is 6.20. The Labute approximate surface area is 94.6 Å². The van der Waals surface area contributed by atoms with Gasteiger partial charge in [-0.15, -0.1) is 0 Å². The minimum absolute atomic E-state index is 0.0919. The fourth-order valence-corrected chi connectivity index (χ4v) is 1.46. The molecule has 0 bridgehead atoms. The Morgan fingerprint density at radius 3 is 1.94 bits per heavy atom. The summed E-state index contributed by atoms with van der Waals surface area (Å²) in [5.74, 6) is 1.77. The summed E-state index contributed by atoms with van der Waals surface area (Å²) >= 11 is 0. The monoisotopic (exact) mass is 224 g/mol. The second-order valence-corrected chi connectivity index (χ2v) is 3.24. The van der Waals surface area contributed by atoms with E-state index in [0.717, 1.165) is 5.56 Å². The zero-order valence-corrected chi connectivity index (χ0v) is 9.66. The van der Waals surface area contributed by atoms with E-state index < -0.39 is 0 Å². The Kier molecular flexibility index (Phi) is 3.99. The van der Waals surface area contributed by atoms with Crippen LogP contribution in [0.2, 0.25) is 0 Å². The van der Waals surface area contributed by atoms with Crippen LogP contribution >= 0.6 is 0 Å². The number of hydrogen-bond donors (Lipinski definition) is 2. The lowest BCUT2D eigenvalue weighted by Crippen LogP contribution is -2.12. The second kappa shape index (κ2) is 5.25. The quantitative estimate of drug-likeness (QED) is 0.581. The van der Waals surface area contributed by atoms with E-state index in [0.29, 0.717) is 23.7 Å². The maximum Gasteiger partial charge on any atom is 0.203 e. The fraction of sp³-hybridized carbons (Fsp3) is 0.364. The molecule has 0 saturated carbocycles. The van der Waals surface area contributed by atoms with Gasteiger partial charge in [0, 0.05) is 6.42 Å². The summed E-state index contributed by atoms with van der Waals surface area (Å²) in [5, 5.41) is 7.25. The molecular weight excluding hydrogens is 208 g/mol. The first-order valence-electron chi connectivity index (χ1n) is 4.74. The van der Waals surface area contributed by atoms with E-state index in [1.807, 2.05) is 0 Å². The highest BCUT2D eigenvalue weighted by molar-refractivity contribution is 5.80.